The lowest BCUT2D eigenvalue weighted by molar-refractivity contribution is -0.385. The van der Waals surface area contributed by atoms with Crippen molar-refractivity contribution in [2.75, 3.05) is 26.3 Å². The van der Waals surface area contributed by atoms with Gasteiger partial charge < -0.3 is 14.4 Å². The predicted octanol–water partition coefficient (Wildman–Crippen LogP) is 3.69. The Balaban J connectivity index is 1.86. The number of ether oxygens (including phenoxy) is 2. The third-order valence-corrected chi connectivity index (χ3v) is 7.60. The molecule has 38 heavy (non-hydrogen) atoms. The third-order valence-electron chi connectivity index (χ3n) is 5.67. The predicted molar refractivity (Wildman–Crippen MR) is 139 cm³/mol. The zero-order chi connectivity index (χ0) is 27.6. The van der Waals surface area contributed by atoms with Crippen molar-refractivity contribution in [1.82, 2.24) is 19.4 Å². The van der Waals surface area contributed by atoms with E-state index in [0.717, 1.165) is 12.1 Å². The molecule has 14 heteroatoms. The summed E-state index contributed by atoms with van der Waals surface area (Å²) >= 11 is 6.05. The van der Waals surface area contributed by atoms with E-state index in [9.17, 15) is 23.3 Å². The summed E-state index contributed by atoms with van der Waals surface area (Å²) in [6.45, 7) is 6.48. The van der Waals surface area contributed by atoms with E-state index in [0.29, 0.717) is 42.6 Å². The molecule has 1 aromatic heterocycles. The number of non-ortho nitro benzene ring substituents is 1. The molecule has 0 radical (unpaired) electrons. The molecule has 1 aliphatic rings. The number of amides is 1. The second-order valence-electron chi connectivity index (χ2n) is 8.84. The highest BCUT2D eigenvalue weighted by atomic mass is 35.5. The van der Waals surface area contributed by atoms with Crippen LogP contribution in [0.1, 0.15) is 29.9 Å². The molecule has 1 amide bonds. The summed E-state index contributed by atoms with van der Waals surface area (Å²) < 4.78 is 41.4. The van der Waals surface area contributed by atoms with Crippen molar-refractivity contribution < 1.29 is 27.6 Å². The van der Waals surface area contributed by atoms with Gasteiger partial charge in [-0.2, -0.15) is 9.78 Å². The number of sulfonamides is 1. The number of nitro groups is 1. The van der Waals surface area contributed by atoms with E-state index in [-0.39, 0.29) is 23.2 Å². The number of hydrogen-bond donors (Lipinski definition) is 1. The van der Waals surface area contributed by atoms with E-state index in [2.05, 4.69) is 9.82 Å². The lowest BCUT2D eigenvalue weighted by Gasteiger charge is -2.26. The van der Waals surface area contributed by atoms with Gasteiger partial charge in [0.2, 0.25) is 15.9 Å². The fraction of sp³-hybridized carbons (Fsp3) is 0.333. The molecular weight excluding hydrogens is 538 g/mol. The van der Waals surface area contributed by atoms with Gasteiger partial charge in [0.25, 0.3) is 11.6 Å². The summed E-state index contributed by atoms with van der Waals surface area (Å²) in [5.41, 5.74) is 0.547. The van der Waals surface area contributed by atoms with Gasteiger partial charge in [0, 0.05) is 41.9 Å². The smallest absolute Gasteiger partial charge is 0.274 e. The van der Waals surface area contributed by atoms with Gasteiger partial charge in [-0.15, -0.1) is 0 Å². The average Bonchev–Trinajstić information content (AvgIpc) is 3.19. The van der Waals surface area contributed by atoms with Crippen molar-refractivity contribution in [2.45, 2.75) is 31.7 Å². The van der Waals surface area contributed by atoms with Crippen LogP contribution in [0.15, 0.2) is 47.4 Å². The van der Waals surface area contributed by atoms with Crippen LogP contribution in [0.5, 0.6) is 11.6 Å². The maximum absolute atomic E-state index is 13.3. The Morgan fingerprint density at radius 1 is 1.18 bits per heavy atom. The molecule has 1 N–H and O–H groups in total. The monoisotopic (exact) mass is 563 g/mol. The molecule has 202 valence electrons. The molecule has 1 saturated heterocycles. The van der Waals surface area contributed by atoms with Gasteiger partial charge in [-0.3, -0.25) is 14.9 Å². The van der Waals surface area contributed by atoms with Crippen molar-refractivity contribution >= 4 is 33.2 Å². The highest BCUT2D eigenvalue weighted by molar-refractivity contribution is 7.89. The fourth-order valence-corrected chi connectivity index (χ4v) is 5.38. The fourth-order valence-electron chi connectivity index (χ4n) is 3.86. The van der Waals surface area contributed by atoms with Crippen LogP contribution in [-0.4, -0.2) is 66.3 Å². The SMILES string of the molecule is Cc1c(C(=O)N2CCOCC2)nn(-c2ccc(Cl)cc2)c1Oc1ccc([N+](=O)[O-])cc1S(=O)(=O)NC(C)C. The molecule has 12 nitrogen and oxygen atoms in total. The van der Waals surface area contributed by atoms with E-state index in [1.807, 2.05) is 0 Å². The standard InChI is InChI=1S/C24H26ClN5O7S/c1-15(2)27-38(34,35)21-14-19(30(32)33)8-9-20(21)37-24-16(3)22(23(31)28-10-12-36-13-11-28)26-29(24)18-6-4-17(25)5-7-18/h4-9,14-15,27H,10-13H2,1-3H3. The number of aromatic nitrogens is 2. The molecule has 1 aliphatic heterocycles. The zero-order valence-electron chi connectivity index (χ0n) is 20.9. The van der Waals surface area contributed by atoms with Crippen LogP contribution < -0.4 is 9.46 Å². The molecule has 0 aliphatic carbocycles. The summed E-state index contributed by atoms with van der Waals surface area (Å²) in [4.78, 5) is 25.2. The topological polar surface area (TPSA) is 146 Å². The Hall–Kier alpha value is -3.52. The van der Waals surface area contributed by atoms with Crippen LogP contribution >= 0.6 is 11.6 Å². The molecule has 2 aromatic carbocycles. The Bertz CT molecular complexity index is 1470. The summed E-state index contributed by atoms with van der Waals surface area (Å²) in [6, 6.07) is 9.39. The van der Waals surface area contributed by atoms with Gasteiger partial charge in [0.15, 0.2) is 5.69 Å². The van der Waals surface area contributed by atoms with Gasteiger partial charge in [-0.25, -0.2) is 13.1 Å². The second-order valence-corrected chi connectivity index (χ2v) is 11.0. The molecule has 0 atom stereocenters. The average molecular weight is 564 g/mol. The highest BCUT2D eigenvalue weighted by Crippen LogP contribution is 2.36. The normalized spacial score (nSPS) is 14.1. The van der Waals surface area contributed by atoms with Crippen molar-refractivity contribution in [3.63, 3.8) is 0 Å². The summed E-state index contributed by atoms with van der Waals surface area (Å²) in [5, 5.41) is 16.4. The molecule has 3 aromatic rings. The number of hydrogen-bond acceptors (Lipinski definition) is 8. The van der Waals surface area contributed by atoms with Crippen LogP contribution in [0.2, 0.25) is 5.02 Å². The van der Waals surface area contributed by atoms with E-state index in [1.165, 1.54) is 10.7 Å². The molecule has 1 fully saturated rings. The molecular formula is C24H26ClN5O7S. The molecule has 0 unspecified atom stereocenters. The maximum Gasteiger partial charge on any atom is 0.274 e. The summed E-state index contributed by atoms with van der Waals surface area (Å²) in [7, 11) is -4.20. The number of morpholine rings is 1. The second kappa shape index (κ2) is 11.1. The minimum atomic E-state index is -4.20. The van der Waals surface area contributed by atoms with E-state index < -0.39 is 31.6 Å². The van der Waals surface area contributed by atoms with E-state index >= 15 is 0 Å². The van der Waals surface area contributed by atoms with Crippen LogP contribution in [0, 0.1) is 17.0 Å². The number of carbonyl (C=O) groups is 1. The van der Waals surface area contributed by atoms with Crippen molar-refractivity contribution in [3.8, 4) is 17.3 Å². The molecule has 2 heterocycles. The first-order valence-corrected chi connectivity index (χ1v) is 13.5. The number of nitro benzene ring substituents is 1. The van der Waals surface area contributed by atoms with Crippen molar-refractivity contribution in [3.05, 3.63) is 68.9 Å². The van der Waals surface area contributed by atoms with Gasteiger partial charge in [0.1, 0.15) is 10.6 Å². The first-order valence-electron chi connectivity index (χ1n) is 11.7. The van der Waals surface area contributed by atoms with Gasteiger partial charge >= 0.3 is 0 Å². The van der Waals surface area contributed by atoms with Crippen molar-refractivity contribution in [1.29, 1.82) is 0 Å². The molecule has 0 saturated carbocycles. The minimum Gasteiger partial charge on any atom is -0.437 e. The molecule has 0 bridgehead atoms. The number of nitrogens with one attached hydrogen (secondary N) is 1. The molecule has 4 rings (SSSR count). The summed E-state index contributed by atoms with van der Waals surface area (Å²) in [6.07, 6.45) is 0. The Kier molecular flexibility index (Phi) is 8.02. The number of halogens is 1. The number of nitrogens with zero attached hydrogens (tertiary/aromatic N) is 4. The van der Waals surface area contributed by atoms with E-state index in [1.54, 1.807) is 49.9 Å². The van der Waals surface area contributed by atoms with Crippen LogP contribution in [0.3, 0.4) is 0 Å². The van der Waals surface area contributed by atoms with Gasteiger partial charge in [-0.1, -0.05) is 11.6 Å². The quantitative estimate of drug-likeness (QED) is 0.322. The first kappa shape index (κ1) is 27.5. The third kappa shape index (κ3) is 5.80. The zero-order valence-corrected chi connectivity index (χ0v) is 22.5. The largest absolute Gasteiger partial charge is 0.437 e. The van der Waals surface area contributed by atoms with Crippen molar-refractivity contribution in [2.24, 2.45) is 0 Å². The lowest BCUT2D eigenvalue weighted by atomic mass is 10.2. The Labute approximate surface area is 224 Å². The van der Waals surface area contributed by atoms with Gasteiger partial charge in [-0.05, 0) is 51.1 Å². The van der Waals surface area contributed by atoms with Crippen LogP contribution in [-0.2, 0) is 14.8 Å². The van der Waals surface area contributed by atoms with Crippen LogP contribution in [0.25, 0.3) is 5.69 Å². The number of rotatable bonds is 8. The molecule has 0 spiro atoms. The number of carbonyl (C=O) groups excluding carboxylic acids is 1. The van der Waals surface area contributed by atoms with E-state index in [4.69, 9.17) is 21.1 Å². The maximum atomic E-state index is 13.3. The van der Waals surface area contributed by atoms with Crippen LogP contribution in [0.4, 0.5) is 5.69 Å². The van der Waals surface area contributed by atoms with Gasteiger partial charge in [0.05, 0.1) is 23.8 Å². The Morgan fingerprint density at radius 2 is 1.84 bits per heavy atom. The lowest BCUT2D eigenvalue weighted by Crippen LogP contribution is -2.41. The Morgan fingerprint density at radius 3 is 2.45 bits per heavy atom. The highest BCUT2D eigenvalue weighted by Gasteiger charge is 2.30. The number of benzene rings is 2. The first-order chi connectivity index (χ1) is 18.0. The summed E-state index contributed by atoms with van der Waals surface area (Å²) in [5.74, 6) is -0.438. The minimum absolute atomic E-state index is 0.0683.